The first-order valence-electron chi connectivity index (χ1n) is 12.9. The Kier molecular flexibility index (Phi) is 9.05. The van der Waals surface area contributed by atoms with Gasteiger partial charge in [0.1, 0.15) is 22.8 Å². The molecule has 0 bridgehead atoms. The summed E-state index contributed by atoms with van der Waals surface area (Å²) in [5.41, 5.74) is 6.58. The Hall–Kier alpha value is -4.31. The number of ether oxygens (including phenoxy) is 2. The molecular formula is C32H25BrCl2N4O4. The van der Waals surface area contributed by atoms with Crippen molar-refractivity contribution in [3.63, 3.8) is 0 Å². The maximum Gasteiger partial charge on any atom is 0.347 e. The number of nitrogens with zero attached hydrogens (tertiary/aromatic N) is 2. The molecule has 0 aliphatic carbocycles. The number of halogens is 3. The van der Waals surface area contributed by atoms with E-state index in [-0.39, 0.29) is 11.3 Å². The molecule has 0 unspecified atom stereocenters. The molecule has 11 heteroatoms. The van der Waals surface area contributed by atoms with E-state index in [0.29, 0.717) is 42.7 Å². The zero-order chi connectivity index (χ0) is 30.7. The molecule has 43 heavy (non-hydrogen) atoms. The van der Waals surface area contributed by atoms with E-state index in [0.717, 1.165) is 16.6 Å². The van der Waals surface area contributed by atoms with Gasteiger partial charge in [0.2, 0.25) is 0 Å². The minimum atomic E-state index is -0.667. The van der Waals surface area contributed by atoms with Crippen LogP contribution >= 0.6 is 39.1 Å². The van der Waals surface area contributed by atoms with E-state index in [1.807, 2.05) is 55.4 Å². The molecule has 0 spiro atoms. The summed E-state index contributed by atoms with van der Waals surface area (Å²) in [5.74, 6) is -0.614. The van der Waals surface area contributed by atoms with Crippen LogP contribution in [0.4, 0.5) is 5.69 Å². The van der Waals surface area contributed by atoms with Crippen LogP contribution in [0.15, 0.2) is 88.4 Å². The number of hydrazone groups is 1. The van der Waals surface area contributed by atoms with Crippen molar-refractivity contribution >= 4 is 73.8 Å². The second-order valence-electron chi connectivity index (χ2n) is 9.59. The summed E-state index contributed by atoms with van der Waals surface area (Å²) in [4.78, 5) is 31.7. The number of carbonyl (C=O) groups is 2. The van der Waals surface area contributed by atoms with Crippen LogP contribution in [0.2, 0.25) is 10.0 Å². The van der Waals surface area contributed by atoms with Gasteiger partial charge in [-0.15, -0.1) is 0 Å². The van der Waals surface area contributed by atoms with E-state index in [4.69, 9.17) is 32.7 Å². The number of rotatable bonds is 8. The average molecular weight is 680 g/mol. The van der Waals surface area contributed by atoms with Gasteiger partial charge in [0, 0.05) is 61.9 Å². The number of methoxy groups -OCH3 is 1. The van der Waals surface area contributed by atoms with E-state index in [9.17, 15) is 9.59 Å². The second kappa shape index (κ2) is 12.9. The Morgan fingerprint density at radius 3 is 2.49 bits per heavy atom. The predicted molar refractivity (Wildman–Crippen MR) is 175 cm³/mol. The number of nitrogens with one attached hydrogen (secondary N) is 2. The van der Waals surface area contributed by atoms with Gasteiger partial charge in [0.05, 0.1) is 13.3 Å². The fourth-order valence-electron chi connectivity index (χ4n) is 4.50. The van der Waals surface area contributed by atoms with Gasteiger partial charge in [0.15, 0.2) is 0 Å². The van der Waals surface area contributed by atoms with E-state index < -0.39 is 11.9 Å². The monoisotopic (exact) mass is 678 g/mol. The van der Waals surface area contributed by atoms with Crippen molar-refractivity contribution in [2.45, 2.75) is 0 Å². The number of hydrogen-bond donors (Lipinski definition) is 2. The minimum Gasteiger partial charge on any atom is -0.496 e. The van der Waals surface area contributed by atoms with Gasteiger partial charge in [-0.25, -0.2) is 10.2 Å². The maximum atomic E-state index is 13.5. The van der Waals surface area contributed by atoms with Gasteiger partial charge in [-0.3, -0.25) is 4.79 Å². The standard InChI is InChI=1S/C32H25BrCl2N4O4/c1-39(2)21-10-11-26-23(16-21)29(22-6-4-5-7-25(22)35)30(37-26)31(40)38-36-17-18-14-19(33)8-12-27(18)43-32(41)24-15-20(34)9-13-28(24)42-3/h4-17,37H,1-3H3,(H,38,40). The molecule has 1 amide bonds. The molecule has 5 aromatic rings. The summed E-state index contributed by atoms with van der Waals surface area (Å²) < 4.78 is 11.7. The number of H-pyrrole nitrogens is 1. The molecule has 0 aliphatic heterocycles. The van der Waals surface area contributed by atoms with Crippen LogP contribution in [0, 0.1) is 0 Å². The normalized spacial score (nSPS) is 11.1. The largest absolute Gasteiger partial charge is 0.496 e. The van der Waals surface area contributed by atoms with Crippen molar-refractivity contribution in [3.05, 3.63) is 110 Å². The molecule has 0 aliphatic rings. The van der Waals surface area contributed by atoms with Crippen LogP contribution in [0.25, 0.3) is 22.0 Å². The minimum absolute atomic E-state index is 0.164. The van der Waals surface area contributed by atoms with Gasteiger partial charge in [-0.2, -0.15) is 5.10 Å². The molecule has 0 radical (unpaired) electrons. The summed E-state index contributed by atoms with van der Waals surface area (Å²) >= 11 is 16.1. The second-order valence-corrected chi connectivity index (χ2v) is 11.4. The highest BCUT2D eigenvalue weighted by Gasteiger charge is 2.22. The van der Waals surface area contributed by atoms with Crippen LogP contribution in [-0.2, 0) is 0 Å². The van der Waals surface area contributed by atoms with Crippen molar-refractivity contribution in [3.8, 4) is 22.6 Å². The number of hydrogen-bond acceptors (Lipinski definition) is 6. The number of amides is 1. The Labute approximate surface area is 266 Å². The van der Waals surface area contributed by atoms with Gasteiger partial charge >= 0.3 is 5.97 Å². The average Bonchev–Trinajstić information content (AvgIpc) is 3.37. The van der Waals surface area contributed by atoms with E-state index in [1.54, 1.807) is 36.4 Å². The summed E-state index contributed by atoms with van der Waals surface area (Å²) in [7, 11) is 5.35. The van der Waals surface area contributed by atoms with E-state index >= 15 is 0 Å². The Bertz CT molecular complexity index is 1890. The molecule has 0 saturated heterocycles. The number of carbonyl (C=O) groups excluding carboxylic acids is 2. The molecule has 0 atom stereocenters. The van der Waals surface area contributed by atoms with Gasteiger partial charge in [0.25, 0.3) is 5.91 Å². The highest BCUT2D eigenvalue weighted by Crippen LogP contribution is 2.38. The zero-order valence-electron chi connectivity index (χ0n) is 23.2. The lowest BCUT2D eigenvalue weighted by Gasteiger charge is -2.13. The van der Waals surface area contributed by atoms with Crippen molar-refractivity contribution in [2.24, 2.45) is 5.10 Å². The third-order valence-electron chi connectivity index (χ3n) is 6.59. The summed E-state index contributed by atoms with van der Waals surface area (Å²) in [6.07, 6.45) is 1.39. The molecule has 5 rings (SSSR count). The lowest BCUT2D eigenvalue weighted by atomic mass is 10.0. The quantitative estimate of drug-likeness (QED) is 0.0751. The first-order valence-corrected chi connectivity index (χ1v) is 14.5. The third kappa shape index (κ3) is 6.54. The highest BCUT2D eigenvalue weighted by molar-refractivity contribution is 9.10. The lowest BCUT2D eigenvalue weighted by molar-refractivity contribution is 0.0730. The van der Waals surface area contributed by atoms with E-state index in [2.05, 4.69) is 31.4 Å². The fraction of sp³-hybridized carbons (Fsp3) is 0.0938. The predicted octanol–water partition coefficient (Wildman–Crippen LogP) is 7.96. The lowest BCUT2D eigenvalue weighted by Crippen LogP contribution is -2.19. The number of aromatic amines is 1. The number of fused-ring (bicyclic) bond motifs is 1. The topological polar surface area (TPSA) is 96.0 Å². The SMILES string of the molecule is COc1ccc(Cl)cc1C(=O)Oc1ccc(Br)cc1C=NNC(=O)c1[nH]c2ccc(N(C)C)cc2c1-c1ccccc1Cl. The zero-order valence-corrected chi connectivity index (χ0v) is 26.3. The van der Waals surface area contributed by atoms with Crippen molar-refractivity contribution in [1.82, 2.24) is 10.4 Å². The van der Waals surface area contributed by atoms with Crippen LogP contribution in [0.1, 0.15) is 26.4 Å². The first kappa shape index (κ1) is 30.2. The molecule has 2 N–H and O–H groups in total. The van der Waals surface area contributed by atoms with E-state index in [1.165, 1.54) is 19.4 Å². The summed E-state index contributed by atoms with van der Waals surface area (Å²) in [6, 6.07) is 22.9. The molecule has 0 saturated carbocycles. The highest BCUT2D eigenvalue weighted by atomic mass is 79.9. The number of benzene rings is 4. The van der Waals surface area contributed by atoms with Crippen molar-refractivity contribution in [2.75, 3.05) is 26.1 Å². The van der Waals surface area contributed by atoms with Crippen LogP contribution in [0.5, 0.6) is 11.5 Å². The van der Waals surface area contributed by atoms with Crippen molar-refractivity contribution < 1.29 is 19.1 Å². The van der Waals surface area contributed by atoms with Gasteiger partial charge in [-0.1, -0.05) is 57.3 Å². The number of anilines is 1. The number of aromatic nitrogens is 1. The third-order valence-corrected chi connectivity index (χ3v) is 7.65. The smallest absolute Gasteiger partial charge is 0.347 e. The first-order chi connectivity index (χ1) is 20.7. The molecule has 8 nitrogen and oxygen atoms in total. The Morgan fingerprint density at radius 2 is 1.74 bits per heavy atom. The van der Waals surface area contributed by atoms with Crippen molar-refractivity contribution in [1.29, 1.82) is 0 Å². The van der Waals surface area contributed by atoms with Crippen LogP contribution in [0.3, 0.4) is 0 Å². The molecule has 218 valence electrons. The van der Waals surface area contributed by atoms with Crippen LogP contribution < -0.4 is 19.8 Å². The molecule has 4 aromatic carbocycles. The van der Waals surface area contributed by atoms with Crippen LogP contribution in [-0.4, -0.2) is 44.3 Å². The number of esters is 1. The summed E-state index contributed by atoms with van der Waals surface area (Å²) in [6.45, 7) is 0. The van der Waals surface area contributed by atoms with Gasteiger partial charge in [-0.05, 0) is 60.7 Å². The maximum absolute atomic E-state index is 13.5. The Morgan fingerprint density at radius 1 is 0.977 bits per heavy atom. The Balaban J connectivity index is 1.45. The summed E-state index contributed by atoms with van der Waals surface area (Å²) in [5, 5.41) is 5.88. The fourth-order valence-corrected chi connectivity index (χ4v) is 5.28. The molecule has 0 fully saturated rings. The van der Waals surface area contributed by atoms with Gasteiger partial charge < -0.3 is 19.4 Å². The molecular weight excluding hydrogens is 655 g/mol. The molecule has 1 heterocycles. The molecule has 1 aromatic heterocycles.